The van der Waals surface area contributed by atoms with Crippen LogP contribution in [0.1, 0.15) is 42.3 Å². The Morgan fingerprint density at radius 2 is 2.20 bits per heavy atom. The first-order valence-electron chi connectivity index (χ1n) is 7.89. The Balaban J connectivity index is 1.84. The molecule has 1 aliphatic carbocycles. The summed E-state index contributed by atoms with van der Waals surface area (Å²) < 4.78 is 14.5. The number of hydroxylamine groups is 2. The molecule has 25 heavy (non-hydrogen) atoms. The Labute approximate surface area is 142 Å². The summed E-state index contributed by atoms with van der Waals surface area (Å²) in [6.07, 6.45) is 8.46. The van der Waals surface area contributed by atoms with Crippen LogP contribution < -0.4 is 9.73 Å². The molecule has 0 saturated heterocycles. The Bertz CT molecular complexity index is 876. The van der Waals surface area contributed by atoms with Crippen LogP contribution >= 0.6 is 0 Å². The van der Waals surface area contributed by atoms with Crippen molar-refractivity contribution in [2.75, 3.05) is 0 Å². The van der Waals surface area contributed by atoms with E-state index in [-0.39, 0.29) is 23.1 Å². The summed E-state index contributed by atoms with van der Waals surface area (Å²) in [4.78, 5) is 10.8. The van der Waals surface area contributed by atoms with E-state index in [9.17, 15) is 14.8 Å². The smallest absolute Gasteiger partial charge is 0.222 e. The molecule has 1 unspecified atom stereocenters. The Kier molecular flexibility index (Phi) is 3.80. The van der Waals surface area contributed by atoms with E-state index < -0.39 is 11.9 Å². The van der Waals surface area contributed by atoms with Crippen LogP contribution in [0.2, 0.25) is 0 Å². The van der Waals surface area contributed by atoms with Gasteiger partial charge in [0.1, 0.15) is 0 Å². The fraction of sp³-hybridized carbons (Fsp3) is 0.375. The number of aryl methyl sites for hydroxylation is 1. The molecular weight excluding hydrogens is 331 g/mol. The van der Waals surface area contributed by atoms with Crippen LogP contribution in [0.5, 0.6) is 5.75 Å². The normalized spacial score (nSPS) is 19.6. The molecule has 0 bridgehead atoms. The highest BCUT2D eigenvalue weighted by Gasteiger charge is 2.31. The molecule has 0 fully saturated rings. The lowest BCUT2D eigenvalue weighted by Crippen LogP contribution is -2.41. The van der Waals surface area contributed by atoms with Gasteiger partial charge in [0.15, 0.2) is 22.9 Å². The maximum Gasteiger partial charge on any atom is 0.222 e. The van der Waals surface area contributed by atoms with Gasteiger partial charge in [0.2, 0.25) is 5.69 Å². The standard InChI is InChI=1S/C16H14FN4O4/c1-2-5-13-10-8-15(11(17)9-16(10)24-25-21(13)23)19-18-12-6-3-4-7-14(12)20(19)22/h1,8-9,13H,3-7H2/q-1. The fourth-order valence-corrected chi connectivity index (χ4v) is 3.19. The van der Waals surface area contributed by atoms with Gasteiger partial charge in [0.05, 0.1) is 6.04 Å². The molecule has 0 spiro atoms. The predicted molar refractivity (Wildman–Crippen MR) is 82.2 cm³/mol. The lowest BCUT2D eigenvalue weighted by atomic mass is 10.0. The lowest BCUT2D eigenvalue weighted by Gasteiger charge is -2.37. The van der Waals surface area contributed by atoms with Crippen molar-refractivity contribution in [3.63, 3.8) is 0 Å². The van der Waals surface area contributed by atoms with Gasteiger partial charge in [-0.1, -0.05) is 0 Å². The first-order chi connectivity index (χ1) is 12.1. The van der Waals surface area contributed by atoms with E-state index in [1.807, 2.05) is 0 Å². The molecule has 2 aromatic rings. The molecule has 0 radical (unpaired) electrons. The second kappa shape index (κ2) is 6.00. The summed E-state index contributed by atoms with van der Waals surface area (Å²) in [6.45, 7) is 0. The van der Waals surface area contributed by atoms with Crippen LogP contribution in [0.3, 0.4) is 0 Å². The largest absolute Gasteiger partial charge is 0.759 e. The fourth-order valence-electron chi connectivity index (χ4n) is 3.19. The molecule has 9 heteroatoms. The summed E-state index contributed by atoms with van der Waals surface area (Å²) in [5.74, 6) is 1.70. The maximum atomic E-state index is 14.5. The van der Waals surface area contributed by atoms with E-state index in [4.69, 9.17) is 11.3 Å². The number of halogens is 1. The molecule has 0 amide bonds. The van der Waals surface area contributed by atoms with Crippen molar-refractivity contribution in [2.24, 2.45) is 0 Å². The van der Waals surface area contributed by atoms with Crippen molar-refractivity contribution in [1.82, 2.24) is 15.1 Å². The molecule has 0 N–H and O–H groups in total. The van der Waals surface area contributed by atoms with Crippen LogP contribution in [0, 0.1) is 28.6 Å². The van der Waals surface area contributed by atoms with Gasteiger partial charge < -0.3 is 15.3 Å². The van der Waals surface area contributed by atoms with Gasteiger partial charge in [-0.05, 0) is 23.7 Å². The van der Waals surface area contributed by atoms with Gasteiger partial charge in [-0.3, -0.25) is 0 Å². The highest BCUT2D eigenvalue weighted by molar-refractivity contribution is 5.46. The number of hydrogen-bond donors (Lipinski definition) is 0. The first kappa shape index (κ1) is 15.8. The van der Waals surface area contributed by atoms with Crippen molar-refractivity contribution in [3.8, 4) is 23.8 Å². The zero-order chi connectivity index (χ0) is 17.6. The molecule has 1 aliphatic heterocycles. The third-order valence-electron chi connectivity index (χ3n) is 4.45. The highest BCUT2D eigenvalue weighted by atomic mass is 19.1. The molecule has 1 aromatic heterocycles. The molecule has 1 atom stereocenters. The molecule has 0 saturated carbocycles. The SMILES string of the molecule is C#CCC1c2cc(-n3nc4c([n+]3[O-])CCCC4)c(F)cc2OON1[O-]. The van der Waals surface area contributed by atoms with Gasteiger partial charge in [0.25, 0.3) is 0 Å². The monoisotopic (exact) mass is 345 g/mol. The van der Waals surface area contributed by atoms with Crippen LogP contribution in [0.15, 0.2) is 12.1 Å². The van der Waals surface area contributed by atoms with Crippen LogP contribution in [-0.4, -0.2) is 15.1 Å². The predicted octanol–water partition coefficient (Wildman–Crippen LogP) is 1.63. The first-order valence-corrected chi connectivity index (χ1v) is 7.89. The minimum atomic E-state index is -0.863. The van der Waals surface area contributed by atoms with Crippen molar-refractivity contribution in [2.45, 2.75) is 38.1 Å². The van der Waals surface area contributed by atoms with Crippen LogP contribution in [0.4, 0.5) is 4.39 Å². The van der Waals surface area contributed by atoms with Crippen molar-refractivity contribution in [1.29, 1.82) is 0 Å². The number of nitrogens with zero attached hydrogens (tertiary/aromatic N) is 4. The van der Waals surface area contributed by atoms with Gasteiger partial charge in [0, 0.05) is 36.0 Å². The third kappa shape index (κ3) is 2.51. The Morgan fingerprint density at radius 1 is 1.40 bits per heavy atom. The second-order valence-electron chi connectivity index (χ2n) is 5.97. The van der Waals surface area contributed by atoms with E-state index in [0.717, 1.165) is 23.7 Å². The molecule has 130 valence electrons. The number of hydrogen-bond acceptors (Lipinski definition) is 6. The minimum Gasteiger partial charge on any atom is -0.759 e. The summed E-state index contributed by atoms with van der Waals surface area (Å²) >= 11 is 0. The second-order valence-corrected chi connectivity index (χ2v) is 5.97. The van der Waals surface area contributed by atoms with E-state index in [1.165, 1.54) is 6.07 Å². The molecule has 8 nitrogen and oxygen atoms in total. The van der Waals surface area contributed by atoms with Gasteiger partial charge in [-0.2, -0.15) is 0 Å². The van der Waals surface area contributed by atoms with Crippen molar-refractivity contribution < 1.29 is 19.1 Å². The average molecular weight is 345 g/mol. The zero-order valence-electron chi connectivity index (χ0n) is 13.1. The van der Waals surface area contributed by atoms with E-state index in [1.54, 1.807) is 0 Å². The summed E-state index contributed by atoms with van der Waals surface area (Å²) in [5.41, 5.74) is 1.49. The minimum absolute atomic E-state index is 0.0396. The molecule has 1 aromatic carbocycles. The quantitative estimate of drug-likeness (QED) is 0.356. The number of benzene rings is 1. The summed E-state index contributed by atoms with van der Waals surface area (Å²) in [6, 6.07) is 1.55. The molecule has 2 aliphatic rings. The van der Waals surface area contributed by atoms with E-state index in [0.29, 0.717) is 34.6 Å². The average Bonchev–Trinajstić information content (AvgIpc) is 2.94. The van der Waals surface area contributed by atoms with E-state index in [2.05, 4.69) is 16.0 Å². The van der Waals surface area contributed by atoms with Crippen LogP contribution in [0.25, 0.3) is 5.69 Å². The van der Waals surface area contributed by atoms with Gasteiger partial charge in [-0.15, -0.1) is 22.2 Å². The molecular formula is C16H14FN4O4-. The highest BCUT2D eigenvalue weighted by Crippen LogP contribution is 2.38. The Morgan fingerprint density at radius 3 is 2.96 bits per heavy atom. The zero-order valence-corrected chi connectivity index (χ0v) is 13.1. The molecule has 2 heterocycles. The van der Waals surface area contributed by atoms with E-state index >= 15 is 0 Å². The number of rotatable bonds is 2. The van der Waals surface area contributed by atoms with Crippen molar-refractivity contribution >= 4 is 0 Å². The Hall–Kier alpha value is -2.67. The third-order valence-corrected chi connectivity index (χ3v) is 4.45. The van der Waals surface area contributed by atoms with Crippen molar-refractivity contribution in [3.05, 3.63) is 45.3 Å². The maximum absolute atomic E-state index is 14.5. The number of fused-ring (bicyclic) bond motifs is 2. The summed E-state index contributed by atoms with van der Waals surface area (Å²) in [7, 11) is 0. The van der Waals surface area contributed by atoms with Crippen LogP contribution in [-0.2, 0) is 17.8 Å². The van der Waals surface area contributed by atoms with Gasteiger partial charge in [-0.25, -0.2) is 9.62 Å². The molecule has 4 rings (SSSR count). The number of terminal acetylenes is 1. The summed E-state index contributed by atoms with van der Waals surface area (Å²) in [5, 5.41) is 28.7. The van der Waals surface area contributed by atoms with Gasteiger partial charge >= 0.3 is 0 Å². The number of aromatic nitrogens is 3. The topological polar surface area (TPSA) is 89.5 Å². The lowest BCUT2D eigenvalue weighted by molar-refractivity contribution is -0.696.